The Kier molecular flexibility index (Phi) is 6.32. The van der Waals surface area contributed by atoms with Crippen molar-refractivity contribution < 1.29 is 19.0 Å². The van der Waals surface area contributed by atoms with Crippen LogP contribution in [-0.4, -0.2) is 36.9 Å². The van der Waals surface area contributed by atoms with Crippen molar-refractivity contribution >= 4 is 5.78 Å². The maximum absolute atomic E-state index is 12.1. The minimum Gasteiger partial charge on any atom is -0.492 e. The first-order chi connectivity index (χ1) is 8.72. The van der Waals surface area contributed by atoms with E-state index in [1.54, 1.807) is 12.3 Å². The quantitative estimate of drug-likeness (QED) is 0.524. The molecule has 0 aliphatic heterocycles. The number of rotatable bonds is 8. The molecule has 1 rings (SSSR count). The molecule has 0 saturated heterocycles. The van der Waals surface area contributed by atoms with Crippen LogP contribution < -0.4 is 4.74 Å². The van der Waals surface area contributed by atoms with E-state index in [9.17, 15) is 4.79 Å². The molecule has 0 bridgehead atoms. The molecular weight excluding hydrogens is 234 g/mol. The molecule has 5 heteroatoms. The minimum atomic E-state index is -0.876. The number of ether oxygens (including phenoxy) is 3. The number of ketones is 1. The lowest BCUT2D eigenvalue weighted by atomic mass is 10.2. The molecule has 0 aliphatic carbocycles. The van der Waals surface area contributed by atoms with Gasteiger partial charge in [0.05, 0.1) is 12.8 Å². The van der Waals surface area contributed by atoms with Gasteiger partial charge in [0.2, 0.25) is 12.1 Å². The standard InChI is InChI=1S/C13H19NO4/c1-4-16-11-7-10(8-14-9-11)12(15)13(17-5-2)18-6-3/h7-9,13H,4-6H2,1-3H3. The number of carbonyl (C=O) groups is 1. The Bertz CT molecular complexity index is 375. The summed E-state index contributed by atoms with van der Waals surface area (Å²) in [5, 5.41) is 0. The monoisotopic (exact) mass is 253 g/mol. The molecule has 100 valence electrons. The van der Waals surface area contributed by atoms with Gasteiger partial charge in [0.15, 0.2) is 0 Å². The zero-order chi connectivity index (χ0) is 13.4. The largest absolute Gasteiger partial charge is 0.492 e. The average molecular weight is 253 g/mol. The van der Waals surface area contributed by atoms with E-state index >= 15 is 0 Å². The van der Waals surface area contributed by atoms with Crippen LogP contribution in [0.1, 0.15) is 31.1 Å². The first-order valence-corrected chi connectivity index (χ1v) is 6.08. The van der Waals surface area contributed by atoms with E-state index in [2.05, 4.69) is 4.98 Å². The number of hydrogen-bond acceptors (Lipinski definition) is 5. The van der Waals surface area contributed by atoms with E-state index in [1.807, 2.05) is 20.8 Å². The van der Waals surface area contributed by atoms with Crippen LogP contribution in [0.5, 0.6) is 5.75 Å². The molecular formula is C13H19NO4. The summed E-state index contributed by atoms with van der Waals surface area (Å²) in [6.45, 7) is 6.85. The van der Waals surface area contributed by atoms with Gasteiger partial charge in [0.1, 0.15) is 5.75 Å². The third-order valence-electron chi connectivity index (χ3n) is 2.16. The van der Waals surface area contributed by atoms with Gasteiger partial charge in [-0.3, -0.25) is 9.78 Å². The van der Waals surface area contributed by atoms with Crippen molar-refractivity contribution in [3.05, 3.63) is 24.0 Å². The van der Waals surface area contributed by atoms with Gasteiger partial charge in [-0.2, -0.15) is 0 Å². The molecule has 0 unspecified atom stereocenters. The summed E-state index contributed by atoms with van der Waals surface area (Å²) in [5.74, 6) is 0.322. The van der Waals surface area contributed by atoms with Crippen LogP contribution in [0.25, 0.3) is 0 Å². The van der Waals surface area contributed by atoms with Crippen molar-refractivity contribution in [2.75, 3.05) is 19.8 Å². The molecule has 0 spiro atoms. The van der Waals surface area contributed by atoms with Crippen molar-refractivity contribution in [2.24, 2.45) is 0 Å². The van der Waals surface area contributed by atoms with E-state index in [0.29, 0.717) is 31.1 Å². The Hall–Kier alpha value is -1.46. The molecule has 0 aromatic carbocycles. The molecule has 1 aromatic rings. The summed E-state index contributed by atoms with van der Waals surface area (Å²) in [4.78, 5) is 16.1. The summed E-state index contributed by atoms with van der Waals surface area (Å²) in [6, 6.07) is 1.64. The molecule has 0 fully saturated rings. The van der Waals surface area contributed by atoms with Gasteiger partial charge in [-0.05, 0) is 26.8 Å². The Labute approximate surface area is 107 Å². The first-order valence-electron chi connectivity index (χ1n) is 6.08. The lowest BCUT2D eigenvalue weighted by Crippen LogP contribution is -2.27. The molecule has 0 amide bonds. The second kappa shape index (κ2) is 7.79. The molecule has 5 nitrogen and oxygen atoms in total. The highest BCUT2D eigenvalue weighted by molar-refractivity contribution is 5.98. The maximum atomic E-state index is 12.1. The van der Waals surface area contributed by atoms with Crippen LogP contribution in [0.15, 0.2) is 18.5 Å². The number of nitrogens with zero attached hydrogens (tertiary/aromatic N) is 1. The molecule has 0 radical (unpaired) electrons. The SMILES string of the molecule is CCOc1cncc(C(=O)C(OCC)OCC)c1. The van der Waals surface area contributed by atoms with E-state index in [-0.39, 0.29) is 5.78 Å². The molecule has 18 heavy (non-hydrogen) atoms. The predicted molar refractivity (Wildman–Crippen MR) is 66.8 cm³/mol. The molecule has 0 saturated carbocycles. The Morgan fingerprint density at radius 2 is 1.83 bits per heavy atom. The lowest BCUT2D eigenvalue weighted by molar-refractivity contribution is -0.107. The van der Waals surface area contributed by atoms with Crippen molar-refractivity contribution in [1.29, 1.82) is 0 Å². The van der Waals surface area contributed by atoms with Gasteiger partial charge < -0.3 is 14.2 Å². The summed E-state index contributed by atoms with van der Waals surface area (Å²) in [6.07, 6.45) is 2.17. The highest BCUT2D eigenvalue weighted by atomic mass is 16.7. The number of hydrogen-bond donors (Lipinski definition) is 0. The van der Waals surface area contributed by atoms with Crippen LogP contribution in [-0.2, 0) is 9.47 Å². The topological polar surface area (TPSA) is 57.7 Å². The molecule has 0 N–H and O–H groups in total. The molecule has 0 atom stereocenters. The Morgan fingerprint density at radius 3 is 2.39 bits per heavy atom. The van der Waals surface area contributed by atoms with Crippen molar-refractivity contribution in [3.63, 3.8) is 0 Å². The smallest absolute Gasteiger partial charge is 0.222 e. The maximum Gasteiger partial charge on any atom is 0.222 e. The van der Waals surface area contributed by atoms with E-state index < -0.39 is 6.29 Å². The normalized spacial score (nSPS) is 10.7. The number of Topliss-reactive ketones (excluding diaryl/α,β-unsaturated/α-hetero) is 1. The second-order valence-corrected chi connectivity index (χ2v) is 3.45. The number of carbonyl (C=O) groups excluding carboxylic acids is 1. The molecule has 1 aromatic heterocycles. The summed E-state index contributed by atoms with van der Waals surface area (Å²) in [7, 11) is 0. The first kappa shape index (κ1) is 14.6. The fraction of sp³-hybridized carbons (Fsp3) is 0.538. The van der Waals surface area contributed by atoms with Crippen LogP contribution >= 0.6 is 0 Å². The Balaban J connectivity index is 2.82. The van der Waals surface area contributed by atoms with Crippen LogP contribution in [0, 0.1) is 0 Å². The lowest BCUT2D eigenvalue weighted by Gasteiger charge is -2.15. The number of aromatic nitrogens is 1. The third-order valence-corrected chi connectivity index (χ3v) is 2.16. The molecule has 0 aliphatic rings. The van der Waals surface area contributed by atoms with Gasteiger partial charge in [-0.1, -0.05) is 0 Å². The summed E-state index contributed by atoms with van der Waals surface area (Å²) in [5.41, 5.74) is 0.424. The second-order valence-electron chi connectivity index (χ2n) is 3.45. The Morgan fingerprint density at radius 1 is 1.17 bits per heavy atom. The highest BCUT2D eigenvalue weighted by Crippen LogP contribution is 2.14. The van der Waals surface area contributed by atoms with Crippen LogP contribution in [0.3, 0.4) is 0 Å². The van der Waals surface area contributed by atoms with Gasteiger partial charge in [0.25, 0.3) is 0 Å². The molecule has 1 heterocycles. The predicted octanol–water partition coefficient (Wildman–Crippen LogP) is 2.06. The summed E-state index contributed by atoms with van der Waals surface area (Å²) < 4.78 is 15.8. The fourth-order valence-electron chi connectivity index (χ4n) is 1.44. The van der Waals surface area contributed by atoms with E-state index in [4.69, 9.17) is 14.2 Å². The van der Waals surface area contributed by atoms with E-state index in [1.165, 1.54) is 6.20 Å². The zero-order valence-corrected chi connectivity index (χ0v) is 11.0. The summed E-state index contributed by atoms with van der Waals surface area (Å²) >= 11 is 0. The van der Waals surface area contributed by atoms with Crippen molar-refractivity contribution in [2.45, 2.75) is 27.1 Å². The fourth-order valence-corrected chi connectivity index (χ4v) is 1.44. The highest BCUT2D eigenvalue weighted by Gasteiger charge is 2.21. The van der Waals surface area contributed by atoms with E-state index in [0.717, 1.165) is 0 Å². The van der Waals surface area contributed by atoms with Gasteiger partial charge in [-0.15, -0.1) is 0 Å². The average Bonchev–Trinajstić information content (AvgIpc) is 2.38. The van der Waals surface area contributed by atoms with Gasteiger partial charge in [-0.25, -0.2) is 0 Å². The minimum absolute atomic E-state index is 0.243. The van der Waals surface area contributed by atoms with Gasteiger partial charge in [0, 0.05) is 25.0 Å². The zero-order valence-electron chi connectivity index (χ0n) is 11.0. The van der Waals surface area contributed by atoms with Crippen LogP contribution in [0.2, 0.25) is 0 Å². The van der Waals surface area contributed by atoms with Crippen molar-refractivity contribution in [3.8, 4) is 5.75 Å². The number of pyridine rings is 1. The van der Waals surface area contributed by atoms with Gasteiger partial charge >= 0.3 is 0 Å². The van der Waals surface area contributed by atoms with Crippen molar-refractivity contribution in [1.82, 2.24) is 4.98 Å². The van der Waals surface area contributed by atoms with Crippen LogP contribution in [0.4, 0.5) is 0 Å². The third kappa shape index (κ3) is 4.09.